The van der Waals surface area contributed by atoms with E-state index in [1.165, 1.54) is 12.1 Å². The van der Waals surface area contributed by atoms with Crippen LogP contribution < -0.4 is 5.73 Å². The zero-order valence-electron chi connectivity index (χ0n) is 9.85. The van der Waals surface area contributed by atoms with Gasteiger partial charge in [0.1, 0.15) is 6.10 Å². The number of para-hydroxylation sites is 1. The van der Waals surface area contributed by atoms with Crippen LogP contribution in [0.5, 0.6) is 0 Å². The fraction of sp³-hybridized carbons (Fsp3) is 0.143. The highest BCUT2D eigenvalue weighted by atomic mass is 19.4. The number of anilines is 1. The first kappa shape index (κ1) is 13.4. The first-order chi connectivity index (χ1) is 8.89. The predicted octanol–water partition coefficient (Wildman–Crippen LogP) is 3.37. The summed E-state index contributed by atoms with van der Waals surface area (Å²) in [4.78, 5) is 0. The molecule has 100 valence electrons. The number of hydrogen-bond donors (Lipinski definition) is 2. The van der Waals surface area contributed by atoms with E-state index in [2.05, 4.69) is 0 Å². The number of halogens is 3. The van der Waals surface area contributed by atoms with Crippen LogP contribution in [-0.4, -0.2) is 5.11 Å². The zero-order chi connectivity index (χ0) is 14.0. The normalized spacial score (nSPS) is 13.3. The Bertz CT molecular complexity index is 564. The number of benzene rings is 2. The predicted molar refractivity (Wildman–Crippen MR) is 66.4 cm³/mol. The minimum atomic E-state index is -4.38. The molecule has 0 spiro atoms. The molecule has 0 aliphatic heterocycles. The molecule has 2 rings (SSSR count). The second-order valence-corrected chi connectivity index (χ2v) is 4.15. The number of aliphatic hydroxyl groups excluding tert-OH is 1. The van der Waals surface area contributed by atoms with Crippen LogP contribution in [0.3, 0.4) is 0 Å². The fourth-order valence-corrected chi connectivity index (χ4v) is 1.79. The molecule has 2 aromatic rings. The largest absolute Gasteiger partial charge is 0.416 e. The summed E-state index contributed by atoms with van der Waals surface area (Å²) >= 11 is 0. The molecule has 0 saturated heterocycles. The number of nitrogens with two attached hydrogens (primary N) is 1. The summed E-state index contributed by atoms with van der Waals surface area (Å²) in [5.74, 6) is 0. The summed E-state index contributed by atoms with van der Waals surface area (Å²) < 4.78 is 37.3. The summed E-state index contributed by atoms with van der Waals surface area (Å²) in [6, 6.07) is 11.1. The summed E-state index contributed by atoms with van der Waals surface area (Å²) in [5, 5.41) is 10.1. The van der Waals surface area contributed by atoms with E-state index < -0.39 is 17.8 Å². The van der Waals surface area contributed by atoms with E-state index in [9.17, 15) is 18.3 Å². The fourth-order valence-electron chi connectivity index (χ4n) is 1.79. The highest BCUT2D eigenvalue weighted by molar-refractivity contribution is 5.50. The first-order valence-corrected chi connectivity index (χ1v) is 5.59. The molecule has 0 amide bonds. The highest BCUT2D eigenvalue weighted by Crippen LogP contribution is 2.31. The molecular formula is C14H12F3NO. The van der Waals surface area contributed by atoms with Gasteiger partial charge in [-0.15, -0.1) is 0 Å². The molecule has 1 atom stereocenters. The van der Waals surface area contributed by atoms with Gasteiger partial charge < -0.3 is 10.8 Å². The molecule has 2 aromatic carbocycles. The molecule has 5 heteroatoms. The molecule has 2 nitrogen and oxygen atoms in total. The van der Waals surface area contributed by atoms with E-state index in [1.54, 1.807) is 24.3 Å². The van der Waals surface area contributed by atoms with Crippen LogP contribution >= 0.6 is 0 Å². The SMILES string of the molecule is Nc1ccccc1C(O)c1ccc(C(F)(F)F)cc1. The second kappa shape index (κ2) is 4.93. The third-order valence-electron chi connectivity index (χ3n) is 2.84. The monoisotopic (exact) mass is 267 g/mol. The van der Waals surface area contributed by atoms with Gasteiger partial charge in [-0.25, -0.2) is 0 Å². The molecule has 0 radical (unpaired) electrons. The van der Waals surface area contributed by atoms with Gasteiger partial charge in [0.25, 0.3) is 0 Å². The number of nitrogen functional groups attached to an aromatic ring is 1. The van der Waals surface area contributed by atoms with Crippen molar-refractivity contribution in [2.45, 2.75) is 12.3 Å². The van der Waals surface area contributed by atoms with Crippen molar-refractivity contribution in [2.24, 2.45) is 0 Å². The van der Waals surface area contributed by atoms with E-state index in [1.807, 2.05) is 0 Å². The molecule has 3 N–H and O–H groups in total. The molecule has 0 aliphatic carbocycles. The van der Waals surface area contributed by atoms with Crippen molar-refractivity contribution in [2.75, 3.05) is 5.73 Å². The maximum absolute atomic E-state index is 12.4. The quantitative estimate of drug-likeness (QED) is 0.819. The molecule has 0 bridgehead atoms. The summed E-state index contributed by atoms with van der Waals surface area (Å²) in [6.45, 7) is 0. The minimum absolute atomic E-state index is 0.367. The lowest BCUT2D eigenvalue weighted by molar-refractivity contribution is -0.137. The lowest BCUT2D eigenvalue weighted by Crippen LogP contribution is -2.07. The van der Waals surface area contributed by atoms with E-state index in [4.69, 9.17) is 5.73 Å². The van der Waals surface area contributed by atoms with Crippen molar-refractivity contribution in [3.8, 4) is 0 Å². The van der Waals surface area contributed by atoms with E-state index in [0.29, 0.717) is 16.8 Å². The molecule has 19 heavy (non-hydrogen) atoms. The third-order valence-corrected chi connectivity index (χ3v) is 2.84. The number of aliphatic hydroxyl groups is 1. The summed E-state index contributed by atoms with van der Waals surface area (Å²) in [6.07, 6.45) is -5.42. The van der Waals surface area contributed by atoms with Crippen LogP contribution in [0.25, 0.3) is 0 Å². The summed E-state index contributed by atoms with van der Waals surface area (Å²) in [5.41, 5.74) is 6.21. The van der Waals surface area contributed by atoms with E-state index in [0.717, 1.165) is 12.1 Å². The Kier molecular flexibility index (Phi) is 3.48. The Morgan fingerprint density at radius 3 is 2.05 bits per heavy atom. The molecular weight excluding hydrogens is 255 g/mol. The van der Waals surface area contributed by atoms with E-state index in [-0.39, 0.29) is 0 Å². The molecule has 0 heterocycles. The summed E-state index contributed by atoms with van der Waals surface area (Å²) in [7, 11) is 0. The van der Waals surface area contributed by atoms with Crippen LogP contribution in [0.15, 0.2) is 48.5 Å². The molecule has 0 aromatic heterocycles. The maximum Gasteiger partial charge on any atom is 0.416 e. The van der Waals surface area contributed by atoms with Gasteiger partial charge in [0, 0.05) is 11.3 Å². The van der Waals surface area contributed by atoms with Crippen LogP contribution in [-0.2, 0) is 6.18 Å². The van der Waals surface area contributed by atoms with Gasteiger partial charge in [0.2, 0.25) is 0 Å². The van der Waals surface area contributed by atoms with Crippen LogP contribution in [0, 0.1) is 0 Å². The Morgan fingerprint density at radius 1 is 0.947 bits per heavy atom. The second-order valence-electron chi connectivity index (χ2n) is 4.15. The Morgan fingerprint density at radius 2 is 1.53 bits per heavy atom. The topological polar surface area (TPSA) is 46.2 Å². The maximum atomic E-state index is 12.4. The molecule has 0 aliphatic rings. The average Bonchev–Trinajstić information content (AvgIpc) is 2.38. The average molecular weight is 267 g/mol. The zero-order valence-corrected chi connectivity index (χ0v) is 9.85. The van der Waals surface area contributed by atoms with Crippen molar-refractivity contribution >= 4 is 5.69 Å². The van der Waals surface area contributed by atoms with Gasteiger partial charge in [-0.2, -0.15) is 13.2 Å². The van der Waals surface area contributed by atoms with Crippen molar-refractivity contribution in [1.29, 1.82) is 0 Å². The molecule has 0 saturated carbocycles. The van der Waals surface area contributed by atoms with Gasteiger partial charge in [-0.1, -0.05) is 30.3 Å². The number of hydrogen-bond acceptors (Lipinski definition) is 2. The Hall–Kier alpha value is -2.01. The van der Waals surface area contributed by atoms with Crippen molar-refractivity contribution in [3.63, 3.8) is 0 Å². The van der Waals surface area contributed by atoms with E-state index >= 15 is 0 Å². The van der Waals surface area contributed by atoms with Crippen molar-refractivity contribution in [3.05, 3.63) is 65.2 Å². The lowest BCUT2D eigenvalue weighted by atomic mass is 9.99. The van der Waals surface area contributed by atoms with Gasteiger partial charge >= 0.3 is 6.18 Å². The van der Waals surface area contributed by atoms with Crippen LogP contribution in [0.4, 0.5) is 18.9 Å². The van der Waals surface area contributed by atoms with Gasteiger partial charge in [-0.3, -0.25) is 0 Å². The molecule has 1 unspecified atom stereocenters. The van der Waals surface area contributed by atoms with Crippen LogP contribution in [0.1, 0.15) is 22.8 Å². The number of rotatable bonds is 2. The lowest BCUT2D eigenvalue weighted by Gasteiger charge is -2.14. The minimum Gasteiger partial charge on any atom is -0.398 e. The van der Waals surface area contributed by atoms with Gasteiger partial charge in [0.15, 0.2) is 0 Å². The molecule has 0 fully saturated rings. The standard InChI is InChI=1S/C14H12F3NO/c15-14(16,17)10-7-5-9(6-8-10)13(19)11-3-1-2-4-12(11)18/h1-8,13,19H,18H2. The van der Waals surface area contributed by atoms with Crippen molar-refractivity contribution in [1.82, 2.24) is 0 Å². The van der Waals surface area contributed by atoms with Gasteiger partial charge in [-0.05, 0) is 23.8 Å². The third kappa shape index (κ3) is 2.88. The van der Waals surface area contributed by atoms with Crippen LogP contribution in [0.2, 0.25) is 0 Å². The smallest absolute Gasteiger partial charge is 0.398 e. The Labute approximate surface area is 108 Å². The highest BCUT2D eigenvalue weighted by Gasteiger charge is 2.30. The van der Waals surface area contributed by atoms with Crippen molar-refractivity contribution < 1.29 is 18.3 Å². The van der Waals surface area contributed by atoms with Gasteiger partial charge in [0.05, 0.1) is 5.56 Å². The number of alkyl halides is 3. The first-order valence-electron chi connectivity index (χ1n) is 5.59. The Balaban J connectivity index is 2.31.